The lowest BCUT2D eigenvalue weighted by atomic mass is 10.1. The topological polar surface area (TPSA) is 82.5 Å². The number of nitrogens with one attached hydrogen (secondary N) is 1. The molecule has 1 aromatic heterocycles. The zero-order valence-electron chi connectivity index (χ0n) is 17.8. The van der Waals surface area contributed by atoms with Crippen LogP contribution in [0.25, 0.3) is 0 Å². The second kappa shape index (κ2) is 8.81. The molecule has 0 radical (unpaired) electrons. The van der Waals surface area contributed by atoms with Gasteiger partial charge >= 0.3 is 5.69 Å². The van der Waals surface area contributed by atoms with Gasteiger partial charge in [0.15, 0.2) is 0 Å². The molecule has 7 nitrogen and oxygen atoms in total. The Morgan fingerprint density at radius 3 is 2.23 bits per heavy atom. The molecule has 2 heterocycles. The zero-order valence-corrected chi connectivity index (χ0v) is 17.8. The number of ether oxygens (including phenoxy) is 3. The first-order valence-corrected chi connectivity index (χ1v) is 10.3. The molecule has 162 valence electrons. The molecule has 0 bridgehead atoms. The van der Waals surface area contributed by atoms with Gasteiger partial charge in [-0.2, -0.15) is 0 Å². The van der Waals surface area contributed by atoms with E-state index in [2.05, 4.69) is 4.98 Å². The van der Waals surface area contributed by atoms with E-state index >= 15 is 0 Å². The van der Waals surface area contributed by atoms with Gasteiger partial charge < -0.3 is 14.2 Å². The molecule has 3 aromatic rings. The molecule has 0 spiro atoms. The zero-order chi connectivity index (χ0) is 22.0. The maximum absolute atomic E-state index is 12.4. The van der Waals surface area contributed by atoms with Crippen LogP contribution in [0.3, 0.4) is 0 Å². The largest absolute Gasteiger partial charge is 0.491 e. The van der Waals surface area contributed by atoms with Gasteiger partial charge in [0.25, 0.3) is 5.56 Å². The Morgan fingerprint density at radius 2 is 1.58 bits per heavy atom. The minimum absolute atomic E-state index is 0.271. The Balaban J connectivity index is 1.55. The molecule has 1 fully saturated rings. The highest BCUT2D eigenvalue weighted by molar-refractivity contribution is 5.27. The summed E-state index contributed by atoms with van der Waals surface area (Å²) in [6, 6.07) is 15.6. The van der Waals surface area contributed by atoms with Crippen LogP contribution >= 0.6 is 0 Å². The lowest BCUT2D eigenvalue weighted by Gasteiger charge is -2.20. The molecule has 3 unspecified atom stereocenters. The highest BCUT2D eigenvalue weighted by Crippen LogP contribution is 2.31. The van der Waals surface area contributed by atoms with Crippen LogP contribution in [-0.4, -0.2) is 28.4 Å². The van der Waals surface area contributed by atoms with Crippen molar-refractivity contribution in [3.63, 3.8) is 0 Å². The molecule has 2 aromatic carbocycles. The molecule has 0 aliphatic carbocycles. The summed E-state index contributed by atoms with van der Waals surface area (Å²) in [7, 11) is 0. The van der Waals surface area contributed by atoms with Gasteiger partial charge in [0.05, 0.1) is 0 Å². The Kier molecular flexibility index (Phi) is 5.95. The molecule has 1 N–H and O–H groups in total. The summed E-state index contributed by atoms with van der Waals surface area (Å²) in [6.07, 6.45) is 0.688. The van der Waals surface area contributed by atoms with Gasteiger partial charge in [-0.05, 0) is 45.0 Å². The Bertz CT molecular complexity index is 1150. The number of benzene rings is 2. The molecular formula is C24H26N2O5. The number of aryl methyl sites for hydroxylation is 3. The van der Waals surface area contributed by atoms with Crippen molar-refractivity contribution >= 4 is 0 Å². The predicted octanol–water partition coefficient (Wildman–Crippen LogP) is 3.28. The second-order valence-corrected chi connectivity index (χ2v) is 7.94. The first kappa shape index (κ1) is 20.9. The van der Waals surface area contributed by atoms with Crippen molar-refractivity contribution in [2.24, 2.45) is 0 Å². The Morgan fingerprint density at radius 1 is 0.968 bits per heavy atom. The minimum atomic E-state index is -0.565. The number of rotatable bonds is 6. The second-order valence-electron chi connectivity index (χ2n) is 7.94. The molecule has 1 aliphatic heterocycles. The summed E-state index contributed by atoms with van der Waals surface area (Å²) in [5, 5.41) is 0. The predicted molar refractivity (Wildman–Crippen MR) is 117 cm³/mol. The van der Waals surface area contributed by atoms with Gasteiger partial charge in [0.1, 0.15) is 36.5 Å². The number of H-pyrrole nitrogens is 1. The summed E-state index contributed by atoms with van der Waals surface area (Å²) in [5.74, 6) is 1.47. The van der Waals surface area contributed by atoms with Crippen LogP contribution in [0.4, 0.5) is 0 Å². The quantitative estimate of drug-likeness (QED) is 0.659. The van der Waals surface area contributed by atoms with E-state index in [9.17, 15) is 9.59 Å². The van der Waals surface area contributed by atoms with Gasteiger partial charge in [0.2, 0.25) is 0 Å². The van der Waals surface area contributed by atoms with Crippen molar-refractivity contribution in [1.29, 1.82) is 0 Å². The fourth-order valence-corrected chi connectivity index (χ4v) is 3.55. The fraction of sp³-hybridized carbons (Fsp3) is 0.333. The minimum Gasteiger partial charge on any atom is -0.491 e. The highest BCUT2D eigenvalue weighted by Gasteiger charge is 2.39. The first-order chi connectivity index (χ1) is 14.9. The lowest BCUT2D eigenvalue weighted by Crippen LogP contribution is -2.33. The standard InChI is InChI=1S/C24H26N2O5/c1-15-4-8-18(9-5-15)29-14-21-20(30-19-10-6-16(2)7-11-19)12-22(31-21)26-13-17(3)23(27)25-24(26)28/h4-11,13,20-22H,12,14H2,1-3H3,(H,25,27,28). The monoisotopic (exact) mass is 422 g/mol. The van der Waals surface area contributed by atoms with Crippen LogP contribution < -0.4 is 20.7 Å². The summed E-state index contributed by atoms with van der Waals surface area (Å²) in [4.78, 5) is 26.4. The maximum atomic E-state index is 12.4. The third kappa shape index (κ3) is 4.88. The number of hydrogen-bond donors (Lipinski definition) is 1. The summed E-state index contributed by atoms with van der Waals surface area (Å²) >= 11 is 0. The molecule has 7 heteroatoms. The van der Waals surface area contributed by atoms with Crippen LogP contribution in [0.1, 0.15) is 29.3 Å². The van der Waals surface area contributed by atoms with Crippen LogP contribution in [0.15, 0.2) is 64.3 Å². The molecular weight excluding hydrogens is 396 g/mol. The third-order valence-electron chi connectivity index (χ3n) is 5.38. The average molecular weight is 422 g/mol. The van der Waals surface area contributed by atoms with Crippen molar-refractivity contribution in [1.82, 2.24) is 9.55 Å². The molecule has 4 rings (SSSR count). The van der Waals surface area contributed by atoms with Crippen LogP contribution in [0.2, 0.25) is 0 Å². The van der Waals surface area contributed by atoms with Crippen LogP contribution in [-0.2, 0) is 4.74 Å². The lowest BCUT2D eigenvalue weighted by molar-refractivity contribution is -0.0372. The van der Waals surface area contributed by atoms with E-state index in [1.54, 1.807) is 6.92 Å². The van der Waals surface area contributed by atoms with Gasteiger partial charge in [0, 0.05) is 18.2 Å². The number of aromatic nitrogens is 2. The van der Waals surface area contributed by atoms with Crippen molar-refractivity contribution in [3.8, 4) is 11.5 Å². The van der Waals surface area contributed by atoms with E-state index in [4.69, 9.17) is 14.2 Å². The average Bonchev–Trinajstić information content (AvgIpc) is 3.14. The van der Waals surface area contributed by atoms with Crippen LogP contribution in [0, 0.1) is 20.8 Å². The smallest absolute Gasteiger partial charge is 0.330 e. The van der Waals surface area contributed by atoms with E-state index in [0.717, 1.165) is 22.6 Å². The fourth-order valence-electron chi connectivity index (χ4n) is 3.55. The summed E-state index contributed by atoms with van der Waals surface area (Å²) in [6.45, 7) is 5.96. The van der Waals surface area contributed by atoms with Gasteiger partial charge in [-0.15, -0.1) is 0 Å². The highest BCUT2D eigenvalue weighted by atomic mass is 16.6. The van der Waals surface area contributed by atoms with E-state index in [1.807, 2.05) is 62.4 Å². The van der Waals surface area contributed by atoms with Crippen molar-refractivity contribution in [3.05, 3.63) is 92.3 Å². The SMILES string of the molecule is Cc1ccc(OCC2OC(n3cc(C)c(=O)[nH]c3=O)CC2Oc2ccc(C)cc2)cc1. The molecule has 1 aliphatic rings. The summed E-state index contributed by atoms with van der Waals surface area (Å²) < 4.78 is 19.7. The molecule has 31 heavy (non-hydrogen) atoms. The van der Waals surface area contributed by atoms with E-state index in [-0.39, 0.29) is 12.7 Å². The molecule has 3 atom stereocenters. The van der Waals surface area contributed by atoms with Gasteiger partial charge in [-0.1, -0.05) is 35.4 Å². The normalized spacial score (nSPS) is 20.5. The van der Waals surface area contributed by atoms with Crippen molar-refractivity contribution in [2.45, 2.75) is 45.6 Å². The molecule has 0 saturated carbocycles. The molecule has 1 saturated heterocycles. The Labute approximate surface area is 180 Å². The number of nitrogens with zero attached hydrogens (tertiary/aromatic N) is 1. The Hall–Kier alpha value is -3.32. The van der Waals surface area contributed by atoms with Gasteiger partial charge in [-0.25, -0.2) is 4.79 Å². The van der Waals surface area contributed by atoms with Crippen LogP contribution in [0.5, 0.6) is 11.5 Å². The third-order valence-corrected chi connectivity index (χ3v) is 5.38. The first-order valence-electron chi connectivity index (χ1n) is 10.3. The van der Waals surface area contributed by atoms with E-state index < -0.39 is 23.6 Å². The van der Waals surface area contributed by atoms with Gasteiger partial charge in [-0.3, -0.25) is 14.3 Å². The van der Waals surface area contributed by atoms with Crippen molar-refractivity contribution < 1.29 is 14.2 Å². The van der Waals surface area contributed by atoms with E-state index in [1.165, 1.54) is 10.8 Å². The number of hydrogen-bond acceptors (Lipinski definition) is 5. The molecule has 0 amide bonds. The van der Waals surface area contributed by atoms with E-state index in [0.29, 0.717) is 12.0 Å². The van der Waals surface area contributed by atoms with Crippen molar-refractivity contribution in [2.75, 3.05) is 6.61 Å². The summed E-state index contributed by atoms with van der Waals surface area (Å²) in [5.41, 5.74) is 1.83. The number of aromatic amines is 1. The maximum Gasteiger partial charge on any atom is 0.330 e.